The molecule has 0 N–H and O–H groups in total. The van der Waals surface area contributed by atoms with Gasteiger partial charge in [-0.15, -0.1) is 0 Å². The van der Waals surface area contributed by atoms with Crippen LogP contribution in [0.15, 0.2) is 12.4 Å². The molecule has 1 heterocycles. The average molecular weight is 350 g/mol. The van der Waals surface area contributed by atoms with Crippen LogP contribution in [0.2, 0.25) is 0 Å². The molecule has 25 heavy (non-hydrogen) atoms. The maximum atomic E-state index is 2.46. The van der Waals surface area contributed by atoms with E-state index in [1.54, 1.807) is 0 Å². The Balaban J connectivity index is 1.88. The molecule has 0 aliphatic heterocycles. The summed E-state index contributed by atoms with van der Waals surface area (Å²) in [6.45, 7) is 5.77. The van der Waals surface area contributed by atoms with Gasteiger partial charge < -0.3 is 0 Å². The van der Waals surface area contributed by atoms with Crippen molar-refractivity contribution in [1.29, 1.82) is 0 Å². The highest BCUT2D eigenvalue weighted by Gasteiger charge is 2.12. The first kappa shape index (κ1) is 22.3. The van der Waals surface area contributed by atoms with Crippen molar-refractivity contribution in [3.05, 3.63) is 18.2 Å². The van der Waals surface area contributed by atoms with Crippen molar-refractivity contribution in [1.82, 2.24) is 4.57 Å². The lowest BCUT2D eigenvalue weighted by Crippen LogP contribution is -2.32. The van der Waals surface area contributed by atoms with Crippen molar-refractivity contribution in [3.63, 3.8) is 0 Å². The van der Waals surface area contributed by atoms with Gasteiger partial charge in [0, 0.05) is 6.42 Å². The topological polar surface area (TPSA) is 8.81 Å². The number of rotatable bonds is 17. The summed E-state index contributed by atoms with van der Waals surface area (Å²) < 4.78 is 4.75. The number of unbranched alkanes of at least 4 members (excludes halogenated alkanes) is 13. The molecule has 2 heteroatoms. The van der Waals surface area contributed by atoms with E-state index in [9.17, 15) is 0 Å². The Morgan fingerprint density at radius 1 is 0.680 bits per heavy atom. The molecule has 0 saturated carbocycles. The normalized spacial score (nSPS) is 11.3. The van der Waals surface area contributed by atoms with Crippen LogP contribution in [0.25, 0.3) is 0 Å². The van der Waals surface area contributed by atoms with E-state index in [0.29, 0.717) is 0 Å². The van der Waals surface area contributed by atoms with Gasteiger partial charge in [-0.05, 0) is 19.3 Å². The molecule has 0 radical (unpaired) electrons. The van der Waals surface area contributed by atoms with E-state index in [2.05, 4.69) is 42.4 Å². The largest absolute Gasteiger partial charge is 0.256 e. The van der Waals surface area contributed by atoms with Gasteiger partial charge in [0.2, 0.25) is 0 Å². The third kappa shape index (κ3) is 10.7. The van der Waals surface area contributed by atoms with Crippen molar-refractivity contribution in [3.8, 4) is 0 Å². The third-order valence-corrected chi connectivity index (χ3v) is 5.44. The van der Waals surface area contributed by atoms with Crippen molar-refractivity contribution in [2.45, 2.75) is 123 Å². The zero-order chi connectivity index (χ0) is 18.2. The van der Waals surface area contributed by atoms with Gasteiger partial charge >= 0.3 is 0 Å². The van der Waals surface area contributed by atoms with Gasteiger partial charge in [0.15, 0.2) is 0 Å². The fourth-order valence-corrected chi connectivity index (χ4v) is 3.78. The van der Waals surface area contributed by atoms with E-state index >= 15 is 0 Å². The maximum absolute atomic E-state index is 2.46. The molecule has 0 atom stereocenters. The molecule has 0 aromatic carbocycles. The van der Waals surface area contributed by atoms with E-state index in [1.165, 1.54) is 115 Å². The summed E-state index contributed by atoms with van der Waals surface area (Å²) in [7, 11) is 2.17. The SMILES string of the molecule is CCCCCCCCCCCCCCCCn1cc[n+](C)c1CCC. The average Bonchev–Trinajstić information content (AvgIpc) is 2.96. The van der Waals surface area contributed by atoms with E-state index in [0.717, 1.165) is 0 Å². The molecule has 1 aromatic rings. The first-order valence-corrected chi connectivity index (χ1v) is 11.3. The Morgan fingerprint density at radius 2 is 1.16 bits per heavy atom. The van der Waals surface area contributed by atoms with Gasteiger partial charge in [0.25, 0.3) is 5.82 Å². The monoisotopic (exact) mass is 349 g/mol. The predicted octanol–water partition coefficient (Wildman–Crippen LogP) is 6.75. The first-order chi connectivity index (χ1) is 12.3. The van der Waals surface area contributed by atoms with E-state index in [4.69, 9.17) is 0 Å². The summed E-state index contributed by atoms with van der Waals surface area (Å²) in [5, 5.41) is 0. The van der Waals surface area contributed by atoms with Crippen LogP contribution in [0.5, 0.6) is 0 Å². The highest BCUT2D eigenvalue weighted by Crippen LogP contribution is 2.13. The van der Waals surface area contributed by atoms with Crippen LogP contribution in [0.4, 0.5) is 0 Å². The fourth-order valence-electron chi connectivity index (χ4n) is 3.78. The van der Waals surface area contributed by atoms with Crippen LogP contribution >= 0.6 is 0 Å². The molecule has 0 fully saturated rings. The van der Waals surface area contributed by atoms with Crippen LogP contribution < -0.4 is 4.57 Å². The second-order valence-corrected chi connectivity index (χ2v) is 7.86. The number of nitrogens with zero attached hydrogens (tertiary/aromatic N) is 2. The maximum Gasteiger partial charge on any atom is 0.256 e. The number of hydrogen-bond donors (Lipinski definition) is 0. The molecule has 2 nitrogen and oxygen atoms in total. The minimum atomic E-state index is 1.20. The molecular formula is C23H45N2+. The highest BCUT2D eigenvalue weighted by molar-refractivity contribution is 4.83. The van der Waals surface area contributed by atoms with Crippen LogP contribution in [0, 0.1) is 0 Å². The van der Waals surface area contributed by atoms with Gasteiger partial charge in [0.1, 0.15) is 12.4 Å². The first-order valence-electron chi connectivity index (χ1n) is 11.3. The molecule has 0 saturated heterocycles. The molecule has 1 rings (SSSR count). The molecule has 1 aromatic heterocycles. The smallest absolute Gasteiger partial charge is 0.237 e. The summed E-state index contributed by atoms with van der Waals surface area (Å²) in [5.41, 5.74) is 0. The van der Waals surface area contributed by atoms with E-state index < -0.39 is 0 Å². The molecule has 0 bridgehead atoms. The van der Waals surface area contributed by atoms with Crippen LogP contribution in [-0.2, 0) is 20.0 Å². The van der Waals surface area contributed by atoms with Crippen LogP contribution in [0.3, 0.4) is 0 Å². The summed E-state index contributed by atoms with van der Waals surface area (Å²) >= 11 is 0. The summed E-state index contributed by atoms with van der Waals surface area (Å²) in [6, 6.07) is 0. The molecule has 0 aliphatic carbocycles. The van der Waals surface area contributed by atoms with Crippen molar-refractivity contribution in [2.75, 3.05) is 0 Å². The Morgan fingerprint density at radius 3 is 1.64 bits per heavy atom. The number of imidazole rings is 1. The highest BCUT2D eigenvalue weighted by atomic mass is 15.1. The number of hydrogen-bond acceptors (Lipinski definition) is 0. The van der Waals surface area contributed by atoms with Crippen molar-refractivity contribution in [2.24, 2.45) is 7.05 Å². The molecule has 146 valence electrons. The van der Waals surface area contributed by atoms with Gasteiger partial charge in [-0.1, -0.05) is 90.9 Å². The Labute approximate surface area is 158 Å². The van der Waals surface area contributed by atoms with E-state index in [1.807, 2.05) is 0 Å². The third-order valence-electron chi connectivity index (χ3n) is 5.44. The summed E-state index contributed by atoms with van der Waals surface area (Å²) in [5.74, 6) is 1.48. The van der Waals surface area contributed by atoms with Gasteiger partial charge in [-0.3, -0.25) is 0 Å². The van der Waals surface area contributed by atoms with Crippen molar-refractivity contribution < 1.29 is 4.57 Å². The predicted molar refractivity (Wildman–Crippen MR) is 110 cm³/mol. The lowest BCUT2D eigenvalue weighted by molar-refractivity contribution is -0.678. The lowest BCUT2D eigenvalue weighted by Gasteiger charge is -2.04. The number of aromatic nitrogens is 2. The van der Waals surface area contributed by atoms with Gasteiger partial charge in [0.05, 0.1) is 13.6 Å². The fraction of sp³-hybridized carbons (Fsp3) is 0.870. The van der Waals surface area contributed by atoms with E-state index in [-0.39, 0.29) is 0 Å². The van der Waals surface area contributed by atoms with Crippen LogP contribution in [0.1, 0.15) is 116 Å². The standard InChI is InChI=1S/C23H45N2/c1-4-6-7-8-9-10-11-12-13-14-15-16-17-18-20-25-22-21-24(3)23(25)19-5-2/h21-22H,4-20H2,1-3H3/q+1. The Bertz CT molecular complexity index is 408. The molecule has 0 spiro atoms. The zero-order valence-corrected chi connectivity index (χ0v) is 17.6. The number of aryl methyl sites for hydroxylation is 2. The zero-order valence-electron chi connectivity index (χ0n) is 17.6. The van der Waals surface area contributed by atoms with Crippen molar-refractivity contribution >= 4 is 0 Å². The Hall–Kier alpha value is -0.790. The lowest BCUT2D eigenvalue weighted by atomic mass is 10.0. The minimum Gasteiger partial charge on any atom is -0.237 e. The minimum absolute atomic E-state index is 1.20. The second-order valence-electron chi connectivity index (χ2n) is 7.86. The molecule has 0 unspecified atom stereocenters. The summed E-state index contributed by atoms with van der Waals surface area (Å²) in [4.78, 5) is 0. The molecule has 0 aliphatic rings. The quantitative estimate of drug-likeness (QED) is 0.217. The summed E-state index contributed by atoms with van der Waals surface area (Å²) in [6.07, 6.45) is 27.0. The molecule has 0 amide bonds. The van der Waals surface area contributed by atoms with Gasteiger partial charge in [-0.2, -0.15) is 0 Å². The molecular weight excluding hydrogens is 304 g/mol. The van der Waals surface area contributed by atoms with Gasteiger partial charge in [-0.25, -0.2) is 9.13 Å². The van der Waals surface area contributed by atoms with Crippen LogP contribution in [-0.4, -0.2) is 4.57 Å². The second kappa shape index (κ2) is 15.5. The Kier molecular flexibility index (Phi) is 13.8.